The van der Waals surface area contributed by atoms with Crippen LogP contribution < -0.4 is 5.32 Å². The third-order valence-corrected chi connectivity index (χ3v) is 2.87. The highest BCUT2D eigenvalue weighted by Gasteiger charge is 2.30. The van der Waals surface area contributed by atoms with E-state index in [9.17, 15) is 4.79 Å². The van der Waals surface area contributed by atoms with Crippen molar-refractivity contribution in [2.45, 2.75) is 45.6 Å². The van der Waals surface area contributed by atoms with Crippen molar-refractivity contribution in [3.63, 3.8) is 0 Å². The van der Waals surface area contributed by atoms with E-state index in [2.05, 4.69) is 19.2 Å². The van der Waals surface area contributed by atoms with Crippen LogP contribution in [0.4, 0.5) is 0 Å². The molecule has 2 atom stereocenters. The van der Waals surface area contributed by atoms with Gasteiger partial charge in [-0.05, 0) is 25.3 Å². The summed E-state index contributed by atoms with van der Waals surface area (Å²) in [4.78, 5) is 11.0. The van der Waals surface area contributed by atoms with E-state index in [1.807, 2.05) is 0 Å². The van der Waals surface area contributed by atoms with E-state index < -0.39 is 5.97 Å². The molecule has 0 amide bonds. The summed E-state index contributed by atoms with van der Waals surface area (Å²) in [6.45, 7) is 5.21. The van der Waals surface area contributed by atoms with Crippen molar-refractivity contribution in [1.29, 1.82) is 0 Å². The minimum absolute atomic E-state index is 0.164. The van der Waals surface area contributed by atoms with Gasteiger partial charge < -0.3 is 10.4 Å². The summed E-state index contributed by atoms with van der Waals surface area (Å²) in [5.74, 6) is -0.208. The van der Waals surface area contributed by atoms with Gasteiger partial charge in [0.1, 0.15) is 0 Å². The Balaban J connectivity index is 2.42. The molecule has 1 saturated carbocycles. The molecule has 0 heterocycles. The monoisotopic (exact) mass is 199 g/mol. The van der Waals surface area contributed by atoms with Crippen LogP contribution in [0.3, 0.4) is 0 Å². The Kier molecular flexibility index (Phi) is 4.39. The van der Waals surface area contributed by atoms with Gasteiger partial charge in [-0.3, -0.25) is 4.79 Å². The van der Waals surface area contributed by atoms with Gasteiger partial charge in [0, 0.05) is 6.04 Å². The van der Waals surface area contributed by atoms with E-state index in [-0.39, 0.29) is 12.0 Å². The van der Waals surface area contributed by atoms with Crippen molar-refractivity contribution in [2.75, 3.05) is 6.54 Å². The van der Waals surface area contributed by atoms with E-state index in [0.29, 0.717) is 5.92 Å². The molecule has 14 heavy (non-hydrogen) atoms. The number of carbonyl (C=O) groups is 1. The molecular formula is C11H21NO2. The van der Waals surface area contributed by atoms with E-state index >= 15 is 0 Å². The van der Waals surface area contributed by atoms with Crippen LogP contribution in [0.5, 0.6) is 0 Å². The maximum absolute atomic E-state index is 11.0. The van der Waals surface area contributed by atoms with Gasteiger partial charge in [0.25, 0.3) is 0 Å². The molecule has 82 valence electrons. The maximum atomic E-state index is 11.0. The molecule has 0 saturated heterocycles. The zero-order valence-corrected chi connectivity index (χ0v) is 9.12. The maximum Gasteiger partial charge on any atom is 0.308 e. The van der Waals surface area contributed by atoms with Crippen molar-refractivity contribution < 1.29 is 9.90 Å². The summed E-state index contributed by atoms with van der Waals surface area (Å²) in [5.41, 5.74) is 0. The number of aliphatic carboxylic acids is 1. The van der Waals surface area contributed by atoms with E-state index in [4.69, 9.17) is 5.11 Å². The van der Waals surface area contributed by atoms with Crippen molar-refractivity contribution in [3.05, 3.63) is 0 Å². The third kappa shape index (κ3) is 3.29. The van der Waals surface area contributed by atoms with Crippen LogP contribution in [0.1, 0.15) is 39.5 Å². The van der Waals surface area contributed by atoms with Crippen LogP contribution in [0, 0.1) is 11.8 Å². The fraction of sp³-hybridized carbons (Fsp3) is 0.909. The van der Waals surface area contributed by atoms with E-state index in [1.165, 1.54) is 6.42 Å². The number of carboxylic acid groups (broad SMARTS) is 1. The number of hydrogen-bond acceptors (Lipinski definition) is 2. The Hall–Kier alpha value is -0.570. The van der Waals surface area contributed by atoms with Crippen molar-refractivity contribution >= 4 is 5.97 Å². The molecule has 1 aliphatic carbocycles. The molecule has 1 rings (SSSR count). The molecule has 0 aromatic carbocycles. The molecule has 0 aromatic rings. The minimum Gasteiger partial charge on any atom is -0.481 e. The predicted octanol–water partition coefficient (Wildman–Crippen LogP) is 1.88. The second-order valence-corrected chi connectivity index (χ2v) is 4.64. The standard InChI is InChI=1S/C11H21NO2/c1-8(2)7-12-10-6-4-3-5-9(10)11(13)14/h8-10,12H,3-7H2,1-2H3,(H,13,14)/t9-,10+/m0/s1. The molecule has 1 aliphatic rings. The molecule has 0 unspecified atom stereocenters. The second kappa shape index (κ2) is 5.35. The van der Waals surface area contributed by atoms with Crippen LogP contribution in [-0.2, 0) is 4.79 Å². The van der Waals surface area contributed by atoms with Gasteiger partial charge in [0.05, 0.1) is 5.92 Å². The van der Waals surface area contributed by atoms with Gasteiger partial charge in [-0.2, -0.15) is 0 Å². The van der Waals surface area contributed by atoms with Crippen molar-refractivity contribution in [3.8, 4) is 0 Å². The average Bonchev–Trinajstić information content (AvgIpc) is 2.15. The Morgan fingerprint density at radius 1 is 1.43 bits per heavy atom. The summed E-state index contributed by atoms with van der Waals surface area (Å²) < 4.78 is 0. The molecule has 0 radical (unpaired) electrons. The summed E-state index contributed by atoms with van der Waals surface area (Å²) in [5, 5.41) is 12.4. The predicted molar refractivity (Wildman–Crippen MR) is 56.2 cm³/mol. The zero-order chi connectivity index (χ0) is 10.6. The number of rotatable bonds is 4. The smallest absolute Gasteiger partial charge is 0.308 e. The fourth-order valence-electron chi connectivity index (χ4n) is 2.06. The van der Waals surface area contributed by atoms with Crippen LogP contribution >= 0.6 is 0 Å². The third-order valence-electron chi connectivity index (χ3n) is 2.87. The first-order valence-electron chi connectivity index (χ1n) is 5.57. The Morgan fingerprint density at radius 2 is 2.07 bits per heavy atom. The zero-order valence-electron chi connectivity index (χ0n) is 9.12. The summed E-state index contributed by atoms with van der Waals surface area (Å²) in [7, 11) is 0. The lowest BCUT2D eigenvalue weighted by atomic mass is 9.84. The van der Waals surface area contributed by atoms with Crippen molar-refractivity contribution in [1.82, 2.24) is 5.32 Å². The second-order valence-electron chi connectivity index (χ2n) is 4.64. The lowest BCUT2D eigenvalue weighted by Crippen LogP contribution is -2.43. The molecule has 3 nitrogen and oxygen atoms in total. The van der Waals surface area contributed by atoms with E-state index in [0.717, 1.165) is 25.8 Å². The van der Waals surface area contributed by atoms with E-state index in [1.54, 1.807) is 0 Å². The Labute approximate surface area is 85.9 Å². The molecule has 0 aliphatic heterocycles. The first kappa shape index (κ1) is 11.5. The summed E-state index contributed by atoms with van der Waals surface area (Å²) >= 11 is 0. The van der Waals surface area contributed by atoms with Gasteiger partial charge in [0.15, 0.2) is 0 Å². The van der Waals surface area contributed by atoms with Gasteiger partial charge in [0.2, 0.25) is 0 Å². The van der Waals surface area contributed by atoms with Crippen LogP contribution in [0.25, 0.3) is 0 Å². The number of carboxylic acids is 1. The molecule has 0 bridgehead atoms. The average molecular weight is 199 g/mol. The summed E-state index contributed by atoms with van der Waals surface area (Å²) in [6, 6.07) is 0.198. The normalized spacial score (nSPS) is 27.9. The van der Waals surface area contributed by atoms with Crippen LogP contribution in [0.15, 0.2) is 0 Å². The van der Waals surface area contributed by atoms with Crippen molar-refractivity contribution in [2.24, 2.45) is 11.8 Å². The Morgan fingerprint density at radius 3 is 2.64 bits per heavy atom. The summed E-state index contributed by atoms with van der Waals surface area (Å²) in [6.07, 6.45) is 4.09. The fourth-order valence-corrected chi connectivity index (χ4v) is 2.06. The van der Waals surface area contributed by atoms with Gasteiger partial charge in [-0.25, -0.2) is 0 Å². The first-order valence-corrected chi connectivity index (χ1v) is 5.57. The lowest BCUT2D eigenvalue weighted by Gasteiger charge is -2.30. The highest BCUT2D eigenvalue weighted by molar-refractivity contribution is 5.71. The van der Waals surface area contributed by atoms with Gasteiger partial charge in [-0.15, -0.1) is 0 Å². The first-order chi connectivity index (χ1) is 6.61. The molecule has 1 fully saturated rings. The largest absolute Gasteiger partial charge is 0.481 e. The number of hydrogen-bond donors (Lipinski definition) is 2. The highest BCUT2D eigenvalue weighted by Crippen LogP contribution is 2.24. The van der Waals surface area contributed by atoms with Gasteiger partial charge in [-0.1, -0.05) is 26.7 Å². The highest BCUT2D eigenvalue weighted by atomic mass is 16.4. The number of nitrogens with one attached hydrogen (secondary N) is 1. The molecular weight excluding hydrogens is 178 g/mol. The van der Waals surface area contributed by atoms with Crippen LogP contribution in [-0.4, -0.2) is 23.7 Å². The molecule has 0 aromatic heterocycles. The topological polar surface area (TPSA) is 49.3 Å². The quantitative estimate of drug-likeness (QED) is 0.726. The minimum atomic E-state index is -0.633. The SMILES string of the molecule is CC(C)CN[C@@H]1CCCC[C@@H]1C(=O)O. The molecule has 0 spiro atoms. The lowest BCUT2D eigenvalue weighted by molar-refractivity contribution is -0.143. The molecule has 2 N–H and O–H groups in total. The van der Waals surface area contributed by atoms with Crippen LogP contribution in [0.2, 0.25) is 0 Å². The Bertz CT molecular complexity index is 192. The molecule has 3 heteroatoms. The van der Waals surface area contributed by atoms with Gasteiger partial charge >= 0.3 is 5.97 Å².